The Bertz CT molecular complexity index is 340. The third-order valence-corrected chi connectivity index (χ3v) is 2.77. The largest absolute Gasteiger partial charge is 0.271 e. The van der Waals surface area contributed by atoms with Crippen LogP contribution < -0.4 is 11.3 Å². The molecule has 5 heteroatoms. The summed E-state index contributed by atoms with van der Waals surface area (Å²) in [5.41, 5.74) is 3.99. The molecule has 1 heterocycles. The third-order valence-electron chi connectivity index (χ3n) is 2.48. The molecular weight excluding hydrogens is 224 g/mol. The first-order valence-corrected chi connectivity index (χ1v) is 5.94. The first-order valence-electron chi connectivity index (χ1n) is 5.56. The highest BCUT2D eigenvalue weighted by Crippen LogP contribution is 2.32. The number of rotatable bonds is 4. The monoisotopic (exact) mass is 244 g/mol. The summed E-state index contributed by atoms with van der Waals surface area (Å²) in [5, 5.41) is 4.90. The van der Waals surface area contributed by atoms with Gasteiger partial charge in [-0.05, 0) is 18.8 Å². The lowest BCUT2D eigenvalue weighted by molar-refractivity contribution is 0.303. The van der Waals surface area contributed by atoms with Crippen LogP contribution >= 0.6 is 11.6 Å². The Labute approximate surface area is 102 Å². The van der Waals surface area contributed by atoms with Gasteiger partial charge in [0.1, 0.15) is 0 Å². The number of nitrogens with zero attached hydrogens (tertiary/aromatic N) is 2. The molecule has 0 aliphatic carbocycles. The molecular formula is C11H21ClN4. The van der Waals surface area contributed by atoms with E-state index in [4.69, 9.17) is 17.4 Å². The first-order chi connectivity index (χ1) is 7.39. The standard InChI is InChI=1S/C11H21ClN4/c1-5-16-10(8(12)7-14-16)9(15-13)6-11(2,3)4/h7,9,15H,5-6,13H2,1-4H3. The smallest absolute Gasteiger partial charge is 0.0834 e. The van der Waals surface area contributed by atoms with E-state index in [1.54, 1.807) is 6.20 Å². The van der Waals surface area contributed by atoms with Crippen molar-refractivity contribution in [3.8, 4) is 0 Å². The summed E-state index contributed by atoms with van der Waals surface area (Å²) in [4.78, 5) is 0. The lowest BCUT2D eigenvalue weighted by Gasteiger charge is -2.26. The molecule has 0 aliphatic heterocycles. The SMILES string of the molecule is CCn1ncc(Cl)c1C(CC(C)(C)C)NN. The highest BCUT2D eigenvalue weighted by atomic mass is 35.5. The van der Waals surface area contributed by atoms with Crippen molar-refractivity contribution < 1.29 is 0 Å². The van der Waals surface area contributed by atoms with E-state index < -0.39 is 0 Å². The summed E-state index contributed by atoms with van der Waals surface area (Å²) in [6.07, 6.45) is 2.59. The van der Waals surface area contributed by atoms with Gasteiger partial charge in [0.25, 0.3) is 0 Å². The maximum absolute atomic E-state index is 6.15. The second-order valence-corrected chi connectivity index (χ2v) is 5.58. The zero-order valence-corrected chi connectivity index (χ0v) is 11.2. The number of nitrogens with one attached hydrogen (secondary N) is 1. The minimum absolute atomic E-state index is 0.0370. The molecule has 4 nitrogen and oxygen atoms in total. The first kappa shape index (κ1) is 13.5. The molecule has 0 radical (unpaired) electrons. The fourth-order valence-corrected chi connectivity index (χ4v) is 2.09. The van der Waals surface area contributed by atoms with Crippen molar-refractivity contribution in [3.05, 3.63) is 16.9 Å². The van der Waals surface area contributed by atoms with Crippen molar-refractivity contribution in [2.24, 2.45) is 11.3 Å². The molecule has 1 aromatic heterocycles. The van der Waals surface area contributed by atoms with Crippen LogP contribution in [0.15, 0.2) is 6.20 Å². The topological polar surface area (TPSA) is 55.9 Å². The van der Waals surface area contributed by atoms with E-state index in [2.05, 4.69) is 31.3 Å². The van der Waals surface area contributed by atoms with Gasteiger partial charge in [0.15, 0.2) is 0 Å². The summed E-state index contributed by atoms with van der Waals surface area (Å²) in [6.45, 7) is 9.37. The summed E-state index contributed by atoms with van der Waals surface area (Å²) in [5.74, 6) is 5.61. The number of hydrogen-bond acceptors (Lipinski definition) is 3. The minimum atomic E-state index is 0.0370. The number of hydrazine groups is 1. The van der Waals surface area contributed by atoms with Gasteiger partial charge in [0.2, 0.25) is 0 Å². The highest BCUT2D eigenvalue weighted by Gasteiger charge is 2.24. The van der Waals surface area contributed by atoms with Crippen molar-refractivity contribution in [3.63, 3.8) is 0 Å². The zero-order valence-electron chi connectivity index (χ0n) is 10.4. The van der Waals surface area contributed by atoms with Crippen LogP contribution in [0.5, 0.6) is 0 Å². The van der Waals surface area contributed by atoms with Crippen LogP contribution in [-0.2, 0) is 6.54 Å². The molecule has 1 unspecified atom stereocenters. The van der Waals surface area contributed by atoms with Gasteiger partial charge in [-0.3, -0.25) is 16.0 Å². The normalized spacial score (nSPS) is 14.1. The molecule has 92 valence electrons. The van der Waals surface area contributed by atoms with Crippen molar-refractivity contribution in [1.82, 2.24) is 15.2 Å². The average molecular weight is 245 g/mol. The van der Waals surface area contributed by atoms with Crippen molar-refractivity contribution in [1.29, 1.82) is 0 Å². The van der Waals surface area contributed by atoms with Gasteiger partial charge in [-0.25, -0.2) is 0 Å². The number of aryl methyl sites for hydroxylation is 1. The Morgan fingerprint density at radius 1 is 1.56 bits per heavy atom. The van der Waals surface area contributed by atoms with Gasteiger partial charge in [0, 0.05) is 6.54 Å². The molecule has 1 rings (SSSR count). The fraction of sp³-hybridized carbons (Fsp3) is 0.727. The van der Waals surface area contributed by atoms with Crippen LogP contribution in [-0.4, -0.2) is 9.78 Å². The quantitative estimate of drug-likeness (QED) is 0.632. The van der Waals surface area contributed by atoms with Crippen LogP contribution in [0.3, 0.4) is 0 Å². The Hall–Kier alpha value is -0.580. The van der Waals surface area contributed by atoms with Gasteiger partial charge >= 0.3 is 0 Å². The van der Waals surface area contributed by atoms with Crippen molar-refractivity contribution in [2.45, 2.75) is 46.7 Å². The van der Waals surface area contributed by atoms with E-state index in [0.717, 1.165) is 18.7 Å². The Balaban J connectivity index is 2.98. The lowest BCUT2D eigenvalue weighted by Crippen LogP contribution is -2.33. The fourth-order valence-electron chi connectivity index (χ4n) is 1.82. The van der Waals surface area contributed by atoms with E-state index in [-0.39, 0.29) is 11.5 Å². The lowest BCUT2D eigenvalue weighted by atomic mass is 9.87. The van der Waals surface area contributed by atoms with E-state index in [1.807, 2.05) is 11.6 Å². The molecule has 3 N–H and O–H groups in total. The Kier molecular flexibility index (Phi) is 4.35. The number of halogens is 1. The molecule has 0 saturated carbocycles. The predicted octanol–water partition coefficient (Wildman–Crippen LogP) is 2.50. The minimum Gasteiger partial charge on any atom is -0.271 e. The Morgan fingerprint density at radius 3 is 2.62 bits per heavy atom. The number of hydrogen-bond donors (Lipinski definition) is 2. The van der Waals surface area contributed by atoms with Crippen molar-refractivity contribution in [2.75, 3.05) is 0 Å². The van der Waals surface area contributed by atoms with E-state index >= 15 is 0 Å². The number of nitrogens with two attached hydrogens (primary N) is 1. The Morgan fingerprint density at radius 2 is 2.19 bits per heavy atom. The molecule has 0 aromatic carbocycles. The molecule has 0 fully saturated rings. The molecule has 1 atom stereocenters. The van der Waals surface area contributed by atoms with Gasteiger partial charge in [-0.15, -0.1) is 0 Å². The van der Waals surface area contributed by atoms with E-state index in [9.17, 15) is 0 Å². The van der Waals surface area contributed by atoms with Crippen LogP contribution in [0.2, 0.25) is 5.02 Å². The van der Waals surface area contributed by atoms with Gasteiger partial charge < -0.3 is 0 Å². The highest BCUT2D eigenvalue weighted by molar-refractivity contribution is 6.31. The van der Waals surface area contributed by atoms with Gasteiger partial charge in [-0.2, -0.15) is 5.10 Å². The van der Waals surface area contributed by atoms with Crippen LogP contribution in [0.4, 0.5) is 0 Å². The zero-order chi connectivity index (χ0) is 12.3. The maximum atomic E-state index is 6.15. The molecule has 0 bridgehead atoms. The molecule has 0 spiro atoms. The van der Waals surface area contributed by atoms with Crippen LogP contribution in [0.25, 0.3) is 0 Å². The molecule has 16 heavy (non-hydrogen) atoms. The summed E-state index contributed by atoms with van der Waals surface area (Å²) < 4.78 is 1.89. The van der Waals surface area contributed by atoms with Crippen LogP contribution in [0.1, 0.15) is 45.9 Å². The molecule has 0 saturated heterocycles. The van der Waals surface area contributed by atoms with E-state index in [0.29, 0.717) is 5.02 Å². The molecule has 0 amide bonds. The third kappa shape index (κ3) is 3.20. The van der Waals surface area contributed by atoms with Crippen LogP contribution in [0, 0.1) is 5.41 Å². The second kappa shape index (κ2) is 5.17. The number of aromatic nitrogens is 2. The van der Waals surface area contributed by atoms with Crippen molar-refractivity contribution >= 4 is 11.6 Å². The maximum Gasteiger partial charge on any atom is 0.0834 e. The molecule has 1 aromatic rings. The summed E-state index contributed by atoms with van der Waals surface area (Å²) in [6, 6.07) is 0.0370. The predicted molar refractivity (Wildman–Crippen MR) is 67.0 cm³/mol. The van der Waals surface area contributed by atoms with Gasteiger partial charge in [-0.1, -0.05) is 32.4 Å². The summed E-state index contributed by atoms with van der Waals surface area (Å²) >= 11 is 6.15. The average Bonchev–Trinajstić information content (AvgIpc) is 2.54. The van der Waals surface area contributed by atoms with E-state index in [1.165, 1.54) is 0 Å². The summed E-state index contributed by atoms with van der Waals surface area (Å²) in [7, 11) is 0. The van der Waals surface area contributed by atoms with Gasteiger partial charge in [0.05, 0.1) is 23.0 Å². The second-order valence-electron chi connectivity index (χ2n) is 5.18. The molecule has 0 aliphatic rings.